The van der Waals surface area contributed by atoms with Gasteiger partial charge in [-0.15, -0.1) is 0 Å². The molecular weight excluding hydrogens is 254 g/mol. The van der Waals surface area contributed by atoms with E-state index in [-0.39, 0.29) is 10.8 Å². The smallest absolute Gasteiger partial charge is 0.358 e. The largest absolute Gasteiger partial charge is 0.408 e. The lowest BCUT2D eigenvalue weighted by Crippen LogP contribution is -2.01. The highest BCUT2D eigenvalue weighted by molar-refractivity contribution is 6.32. The van der Waals surface area contributed by atoms with Crippen molar-refractivity contribution in [3.8, 4) is 0 Å². The van der Waals surface area contributed by atoms with E-state index < -0.39 is 4.92 Å². The van der Waals surface area contributed by atoms with E-state index in [2.05, 4.69) is 17.2 Å². The Morgan fingerprint density at radius 2 is 2.06 bits per heavy atom. The average Bonchev–Trinajstić information content (AvgIpc) is 2.72. The molecule has 18 heavy (non-hydrogen) atoms. The van der Waals surface area contributed by atoms with Crippen LogP contribution in [0.15, 0.2) is 36.5 Å². The first-order valence-corrected chi connectivity index (χ1v) is 5.96. The van der Waals surface area contributed by atoms with Gasteiger partial charge in [0.25, 0.3) is 0 Å². The molecule has 1 aromatic carbocycles. The molecule has 0 radical (unpaired) electrons. The average molecular weight is 266 g/mol. The highest BCUT2D eigenvalue weighted by Crippen LogP contribution is 2.21. The molecule has 5 nitrogen and oxygen atoms in total. The molecule has 0 bridgehead atoms. The molecule has 2 aromatic rings. The Bertz CT molecular complexity index is 540. The summed E-state index contributed by atoms with van der Waals surface area (Å²) in [7, 11) is 0. The van der Waals surface area contributed by atoms with Crippen molar-refractivity contribution in [2.24, 2.45) is 0 Å². The van der Waals surface area contributed by atoms with E-state index in [0.717, 1.165) is 12.8 Å². The number of benzene rings is 1. The summed E-state index contributed by atoms with van der Waals surface area (Å²) >= 11 is 5.71. The topological polar surface area (TPSA) is 61.0 Å². The Morgan fingerprint density at radius 3 is 2.67 bits per heavy atom. The van der Waals surface area contributed by atoms with Gasteiger partial charge < -0.3 is 10.1 Å². The van der Waals surface area contributed by atoms with Gasteiger partial charge in [0.05, 0.1) is 17.8 Å². The summed E-state index contributed by atoms with van der Waals surface area (Å²) in [5.41, 5.74) is 1.24. The molecule has 2 rings (SSSR count). The molecule has 6 heteroatoms. The maximum Gasteiger partial charge on any atom is 0.408 e. The maximum absolute atomic E-state index is 10.6. The van der Waals surface area contributed by atoms with Crippen LogP contribution in [0, 0.1) is 10.1 Å². The van der Waals surface area contributed by atoms with Gasteiger partial charge in [-0.2, -0.15) is 4.68 Å². The molecule has 0 fully saturated rings. The zero-order chi connectivity index (χ0) is 13.0. The second kappa shape index (κ2) is 5.64. The van der Waals surface area contributed by atoms with E-state index in [4.69, 9.17) is 11.6 Å². The minimum absolute atomic E-state index is 0.0831. The molecule has 0 N–H and O–H groups in total. The third-order valence-corrected chi connectivity index (χ3v) is 2.83. The molecule has 0 amide bonds. The molecule has 0 saturated carbocycles. The number of nitrogens with zero attached hydrogens (tertiary/aromatic N) is 3. The minimum Gasteiger partial charge on any atom is -0.358 e. The van der Waals surface area contributed by atoms with Crippen LogP contribution in [0.4, 0.5) is 5.82 Å². The number of nitro groups is 1. The number of aromatic nitrogens is 2. The molecule has 0 atom stereocenters. The van der Waals surface area contributed by atoms with Gasteiger partial charge in [-0.05, 0) is 23.3 Å². The molecule has 0 aliphatic carbocycles. The van der Waals surface area contributed by atoms with Crippen LogP contribution in [0.1, 0.15) is 12.0 Å². The van der Waals surface area contributed by atoms with Crippen LogP contribution in [0.3, 0.4) is 0 Å². The van der Waals surface area contributed by atoms with Crippen LogP contribution in [-0.4, -0.2) is 14.7 Å². The van der Waals surface area contributed by atoms with E-state index in [1.807, 2.05) is 18.2 Å². The molecular formula is C12H12ClN3O2. The second-order valence-electron chi connectivity index (χ2n) is 3.91. The van der Waals surface area contributed by atoms with Crippen LogP contribution in [0.2, 0.25) is 5.02 Å². The van der Waals surface area contributed by atoms with Gasteiger partial charge >= 0.3 is 5.82 Å². The zero-order valence-electron chi connectivity index (χ0n) is 9.62. The van der Waals surface area contributed by atoms with Gasteiger partial charge in [-0.1, -0.05) is 41.9 Å². The maximum atomic E-state index is 10.6. The van der Waals surface area contributed by atoms with Gasteiger partial charge in [0, 0.05) is 0 Å². The van der Waals surface area contributed by atoms with Crippen LogP contribution >= 0.6 is 11.6 Å². The van der Waals surface area contributed by atoms with Gasteiger partial charge in [-0.3, -0.25) is 0 Å². The summed E-state index contributed by atoms with van der Waals surface area (Å²) in [4.78, 5) is 10.0. The van der Waals surface area contributed by atoms with Crippen LogP contribution in [0.25, 0.3) is 0 Å². The molecule has 1 heterocycles. The molecule has 1 aromatic heterocycles. The summed E-state index contributed by atoms with van der Waals surface area (Å²) in [6.07, 6.45) is 3.26. The Morgan fingerprint density at radius 1 is 1.33 bits per heavy atom. The lowest BCUT2D eigenvalue weighted by Gasteiger charge is -1.99. The summed E-state index contributed by atoms with van der Waals surface area (Å²) in [5, 5.41) is 14.5. The van der Waals surface area contributed by atoms with Crippen LogP contribution in [0.5, 0.6) is 0 Å². The Hall–Kier alpha value is -1.88. The molecule has 0 aliphatic rings. The fraction of sp³-hybridized carbons (Fsp3) is 0.250. The summed E-state index contributed by atoms with van der Waals surface area (Å²) in [6, 6.07) is 10.1. The first-order valence-electron chi connectivity index (χ1n) is 5.58. The van der Waals surface area contributed by atoms with E-state index in [0.29, 0.717) is 6.54 Å². The van der Waals surface area contributed by atoms with Crippen molar-refractivity contribution >= 4 is 17.4 Å². The van der Waals surface area contributed by atoms with Gasteiger partial charge in [0.2, 0.25) is 0 Å². The Balaban J connectivity index is 1.91. The predicted molar refractivity (Wildman–Crippen MR) is 68.7 cm³/mol. The SMILES string of the molecule is O=[N+]([O-])c1nn(CCCc2ccccc2)cc1Cl. The van der Waals surface area contributed by atoms with Crippen molar-refractivity contribution in [3.05, 3.63) is 57.2 Å². The van der Waals surface area contributed by atoms with Crippen molar-refractivity contribution in [3.63, 3.8) is 0 Å². The summed E-state index contributed by atoms with van der Waals surface area (Å²) in [5.74, 6) is -0.281. The third kappa shape index (κ3) is 3.07. The van der Waals surface area contributed by atoms with Crippen molar-refractivity contribution in [2.45, 2.75) is 19.4 Å². The molecule has 0 saturated heterocycles. The summed E-state index contributed by atoms with van der Waals surface area (Å²) < 4.78 is 1.52. The number of hydrogen-bond donors (Lipinski definition) is 0. The van der Waals surface area contributed by atoms with E-state index in [9.17, 15) is 10.1 Å². The van der Waals surface area contributed by atoms with Crippen molar-refractivity contribution < 1.29 is 4.92 Å². The number of rotatable bonds is 5. The lowest BCUT2D eigenvalue weighted by atomic mass is 10.1. The van der Waals surface area contributed by atoms with E-state index in [1.165, 1.54) is 16.4 Å². The number of aryl methyl sites for hydroxylation is 2. The number of hydrogen-bond acceptors (Lipinski definition) is 3. The Kier molecular flexibility index (Phi) is 3.94. The monoisotopic (exact) mass is 265 g/mol. The van der Waals surface area contributed by atoms with Crippen LogP contribution < -0.4 is 0 Å². The van der Waals surface area contributed by atoms with Gasteiger partial charge in [0.15, 0.2) is 5.02 Å². The standard InChI is InChI=1S/C12H12ClN3O2/c13-11-9-15(14-12(11)16(17)18)8-4-7-10-5-2-1-3-6-10/h1-3,5-6,9H,4,7-8H2. The highest BCUT2D eigenvalue weighted by Gasteiger charge is 2.18. The second-order valence-corrected chi connectivity index (χ2v) is 4.32. The van der Waals surface area contributed by atoms with Crippen molar-refractivity contribution in [2.75, 3.05) is 0 Å². The number of halogens is 1. The van der Waals surface area contributed by atoms with Crippen LogP contribution in [-0.2, 0) is 13.0 Å². The highest BCUT2D eigenvalue weighted by atomic mass is 35.5. The lowest BCUT2D eigenvalue weighted by molar-refractivity contribution is -0.389. The predicted octanol–water partition coefficient (Wildman–Crippen LogP) is 3.08. The zero-order valence-corrected chi connectivity index (χ0v) is 10.4. The molecule has 0 spiro atoms. The van der Waals surface area contributed by atoms with Crippen molar-refractivity contribution in [1.29, 1.82) is 0 Å². The van der Waals surface area contributed by atoms with E-state index >= 15 is 0 Å². The molecule has 0 aliphatic heterocycles. The third-order valence-electron chi connectivity index (χ3n) is 2.57. The Labute approximate surface area is 109 Å². The fourth-order valence-electron chi connectivity index (χ4n) is 1.71. The van der Waals surface area contributed by atoms with Gasteiger partial charge in [-0.25, -0.2) is 0 Å². The van der Waals surface area contributed by atoms with Crippen molar-refractivity contribution in [1.82, 2.24) is 9.78 Å². The minimum atomic E-state index is -0.573. The summed E-state index contributed by atoms with van der Waals surface area (Å²) in [6.45, 7) is 0.614. The van der Waals surface area contributed by atoms with E-state index in [1.54, 1.807) is 0 Å². The first-order chi connectivity index (χ1) is 8.66. The molecule has 94 valence electrons. The fourth-order valence-corrected chi connectivity index (χ4v) is 1.93. The molecule has 0 unspecified atom stereocenters. The normalized spacial score (nSPS) is 10.5. The first kappa shape index (κ1) is 12.6. The quantitative estimate of drug-likeness (QED) is 0.616. The van der Waals surface area contributed by atoms with Gasteiger partial charge in [0.1, 0.15) is 0 Å².